The molecule has 4 rings (SSSR count). The van der Waals surface area contributed by atoms with Gasteiger partial charge in [-0.05, 0) is 37.3 Å². The lowest BCUT2D eigenvalue weighted by Crippen LogP contribution is -2.41. The number of fused-ring (bicyclic) bond motifs is 1. The second-order valence-corrected chi connectivity index (χ2v) is 6.76. The van der Waals surface area contributed by atoms with Gasteiger partial charge in [-0.2, -0.15) is 0 Å². The average Bonchev–Trinajstić information content (AvgIpc) is 2.67. The molecule has 2 heterocycles. The number of urea groups is 1. The van der Waals surface area contributed by atoms with Gasteiger partial charge in [0.05, 0.1) is 12.2 Å². The van der Waals surface area contributed by atoms with E-state index >= 15 is 0 Å². The Kier molecular flexibility index (Phi) is 4.69. The molecule has 0 aliphatic carbocycles. The number of nitrogens with zero attached hydrogens (tertiary/aromatic N) is 2. The van der Waals surface area contributed by atoms with Crippen molar-refractivity contribution in [3.63, 3.8) is 0 Å². The number of hydrogen-bond acceptors (Lipinski definition) is 3. The Labute approximate surface area is 162 Å². The summed E-state index contributed by atoms with van der Waals surface area (Å²) in [7, 11) is 0. The summed E-state index contributed by atoms with van der Waals surface area (Å²) in [6.45, 7) is 2.88. The maximum absolute atomic E-state index is 12.7. The van der Waals surface area contributed by atoms with E-state index in [0.717, 1.165) is 11.3 Å². The second-order valence-electron chi connectivity index (χ2n) is 6.33. The highest BCUT2D eigenvalue weighted by Gasteiger charge is 2.25. The number of carbonyl (C=O) groups is 1. The number of ether oxygens (including phenoxy) is 1. The van der Waals surface area contributed by atoms with Crippen molar-refractivity contribution in [2.75, 3.05) is 23.4 Å². The average molecular weight is 380 g/mol. The normalized spacial score (nSPS) is 12.9. The van der Waals surface area contributed by atoms with Gasteiger partial charge in [0.15, 0.2) is 0 Å². The van der Waals surface area contributed by atoms with Crippen LogP contribution in [0.4, 0.5) is 16.2 Å². The van der Waals surface area contributed by atoms with E-state index in [4.69, 9.17) is 16.3 Å². The minimum Gasteiger partial charge on any atom is -0.474 e. The zero-order chi connectivity index (χ0) is 18.8. The van der Waals surface area contributed by atoms with E-state index in [2.05, 4.69) is 10.3 Å². The molecule has 1 aromatic heterocycles. The van der Waals surface area contributed by atoms with E-state index in [0.29, 0.717) is 35.4 Å². The number of hydrogen-bond donors (Lipinski definition) is 1. The van der Waals surface area contributed by atoms with Gasteiger partial charge in [0.1, 0.15) is 12.3 Å². The topological polar surface area (TPSA) is 54.5 Å². The first kappa shape index (κ1) is 17.4. The summed E-state index contributed by atoms with van der Waals surface area (Å²) in [5, 5.41) is 3.43. The molecule has 1 aliphatic rings. The van der Waals surface area contributed by atoms with Crippen molar-refractivity contribution in [2.45, 2.75) is 6.92 Å². The molecule has 0 spiro atoms. The molecular formula is C21H18ClN3O2. The fourth-order valence-corrected chi connectivity index (χ4v) is 3.14. The van der Waals surface area contributed by atoms with Gasteiger partial charge in [0.2, 0.25) is 5.88 Å². The van der Waals surface area contributed by atoms with E-state index in [1.165, 1.54) is 5.56 Å². The highest BCUT2D eigenvalue weighted by molar-refractivity contribution is 6.30. The van der Waals surface area contributed by atoms with Gasteiger partial charge in [-0.3, -0.25) is 4.90 Å². The molecular weight excluding hydrogens is 362 g/mol. The molecule has 0 bridgehead atoms. The predicted molar refractivity (Wildman–Crippen MR) is 108 cm³/mol. The lowest BCUT2D eigenvalue weighted by molar-refractivity contribution is 0.248. The third-order valence-corrected chi connectivity index (χ3v) is 4.59. The number of nitrogens with one attached hydrogen (secondary N) is 1. The minimum atomic E-state index is -0.244. The van der Waals surface area contributed by atoms with E-state index in [9.17, 15) is 4.79 Å². The molecule has 27 heavy (non-hydrogen) atoms. The van der Waals surface area contributed by atoms with E-state index in [-0.39, 0.29) is 6.03 Å². The van der Waals surface area contributed by atoms with Gasteiger partial charge in [-0.15, -0.1) is 0 Å². The molecule has 0 unspecified atom stereocenters. The lowest BCUT2D eigenvalue weighted by atomic mass is 10.1. The van der Waals surface area contributed by atoms with E-state index in [1.807, 2.05) is 43.3 Å². The number of aromatic nitrogens is 1. The van der Waals surface area contributed by atoms with Gasteiger partial charge in [0, 0.05) is 16.3 Å². The predicted octanol–water partition coefficient (Wildman–Crippen LogP) is 5.14. The highest BCUT2D eigenvalue weighted by Crippen LogP contribution is 2.33. The zero-order valence-electron chi connectivity index (χ0n) is 14.8. The van der Waals surface area contributed by atoms with Crippen molar-refractivity contribution in [3.05, 3.63) is 71.2 Å². The summed E-state index contributed by atoms with van der Waals surface area (Å²) in [5.74, 6) is 0.459. The Morgan fingerprint density at radius 2 is 1.96 bits per heavy atom. The second kappa shape index (κ2) is 7.29. The van der Waals surface area contributed by atoms with Crippen LogP contribution in [0.5, 0.6) is 5.88 Å². The summed E-state index contributed by atoms with van der Waals surface area (Å²) in [4.78, 5) is 19.0. The first-order chi connectivity index (χ1) is 13.1. The smallest absolute Gasteiger partial charge is 0.326 e. The van der Waals surface area contributed by atoms with Crippen molar-refractivity contribution in [2.24, 2.45) is 0 Å². The third kappa shape index (κ3) is 3.73. The van der Waals surface area contributed by atoms with E-state index < -0.39 is 0 Å². The van der Waals surface area contributed by atoms with Crippen LogP contribution in [0.3, 0.4) is 0 Å². The van der Waals surface area contributed by atoms with Crippen LogP contribution in [-0.2, 0) is 0 Å². The molecule has 6 heteroatoms. The number of pyridine rings is 1. The summed E-state index contributed by atoms with van der Waals surface area (Å²) in [6.07, 6.45) is 0. The molecule has 0 atom stereocenters. The molecule has 136 valence electrons. The molecule has 0 radical (unpaired) electrons. The van der Waals surface area contributed by atoms with Crippen LogP contribution in [0.2, 0.25) is 5.02 Å². The minimum absolute atomic E-state index is 0.244. The Balaban J connectivity index is 1.59. The van der Waals surface area contributed by atoms with Crippen LogP contribution < -0.4 is 15.0 Å². The van der Waals surface area contributed by atoms with Gasteiger partial charge < -0.3 is 10.1 Å². The molecule has 1 N–H and O–H groups in total. The molecule has 0 fully saturated rings. The van der Waals surface area contributed by atoms with Crippen LogP contribution >= 0.6 is 11.6 Å². The first-order valence-corrected chi connectivity index (χ1v) is 9.03. The van der Waals surface area contributed by atoms with Crippen molar-refractivity contribution in [1.82, 2.24) is 4.98 Å². The Hall–Kier alpha value is -3.05. The van der Waals surface area contributed by atoms with Crippen LogP contribution in [0.15, 0.2) is 60.7 Å². The van der Waals surface area contributed by atoms with Gasteiger partial charge in [-0.25, -0.2) is 9.78 Å². The monoisotopic (exact) mass is 379 g/mol. The molecule has 3 aromatic rings. The zero-order valence-corrected chi connectivity index (χ0v) is 15.5. The summed E-state index contributed by atoms with van der Waals surface area (Å²) >= 11 is 5.99. The van der Waals surface area contributed by atoms with Crippen LogP contribution in [0.25, 0.3) is 11.3 Å². The fourth-order valence-electron chi connectivity index (χ4n) is 2.95. The molecule has 2 aromatic carbocycles. The lowest BCUT2D eigenvalue weighted by Gasteiger charge is -2.29. The Morgan fingerprint density at radius 1 is 1.15 bits per heavy atom. The van der Waals surface area contributed by atoms with Gasteiger partial charge >= 0.3 is 6.03 Å². The SMILES string of the molecule is Cc1ccc(-c2ccc3c(n2)OCCN3C(=O)Nc2cccc(Cl)c2)cc1. The summed E-state index contributed by atoms with van der Waals surface area (Å²) < 4.78 is 5.71. The number of halogens is 1. The van der Waals surface area contributed by atoms with Crippen molar-refractivity contribution >= 4 is 29.0 Å². The largest absolute Gasteiger partial charge is 0.474 e. The standard InChI is InChI=1S/C21H18ClN3O2/c1-14-5-7-15(8-6-14)18-9-10-19-20(24-18)27-12-11-25(19)21(26)23-17-4-2-3-16(22)13-17/h2-10,13H,11-12H2,1H3,(H,23,26). The number of amides is 2. The van der Waals surface area contributed by atoms with Crippen molar-refractivity contribution in [3.8, 4) is 17.1 Å². The number of aryl methyl sites for hydroxylation is 1. The fraction of sp³-hybridized carbons (Fsp3) is 0.143. The number of anilines is 2. The number of rotatable bonds is 2. The van der Waals surface area contributed by atoms with E-state index in [1.54, 1.807) is 29.2 Å². The summed E-state index contributed by atoms with van der Waals surface area (Å²) in [5.41, 5.74) is 4.30. The van der Waals surface area contributed by atoms with Crippen molar-refractivity contribution < 1.29 is 9.53 Å². The van der Waals surface area contributed by atoms with Gasteiger partial charge in [-0.1, -0.05) is 47.5 Å². The summed E-state index contributed by atoms with van der Waals surface area (Å²) in [6, 6.07) is 18.7. The molecule has 0 saturated carbocycles. The van der Waals surface area contributed by atoms with Crippen LogP contribution in [0.1, 0.15) is 5.56 Å². The maximum Gasteiger partial charge on any atom is 0.326 e. The van der Waals surface area contributed by atoms with Gasteiger partial charge in [0.25, 0.3) is 0 Å². The quantitative estimate of drug-likeness (QED) is 0.670. The first-order valence-electron chi connectivity index (χ1n) is 8.65. The molecule has 2 amide bonds. The Morgan fingerprint density at radius 3 is 2.74 bits per heavy atom. The van der Waals surface area contributed by atoms with Crippen LogP contribution in [-0.4, -0.2) is 24.2 Å². The number of benzene rings is 2. The Bertz CT molecular complexity index is 989. The highest BCUT2D eigenvalue weighted by atomic mass is 35.5. The maximum atomic E-state index is 12.7. The van der Waals surface area contributed by atoms with Crippen molar-refractivity contribution in [1.29, 1.82) is 0 Å². The third-order valence-electron chi connectivity index (χ3n) is 4.35. The number of carbonyl (C=O) groups excluding carboxylic acids is 1. The molecule has 0 saturated heterocycles. The van der Waals surface area contributed by atoms with Crippen LogP contribution in [0, 0.1) is 6.92 Å². The molecule has 1 aliphatic heterocycles. The molecule has 5 nitrogen and oxygen atoms in total.